The van der Waals surface area contributed by atoms with E-state index in [2.05, 4.69) is 15.4 Å². The van der Waals surface area contributed by atoms with Crippen molar-refractivity contribution in [1.82, 2.24) is 24.6 Å². The van der Waals surface area contributed by atoms with E-state index in [-0.39, 0.29) is 5.91 Å². The van der Waals surface area contributed by atoms with Gasteiger partial charge in [-0.1, -0.05) is 12.1 Å². The predicted octanol–water partition coefficient (Wildman–Crippen LogP) is 1.68. The van der Waals surface area contributed by atoms with Crippen molar-refractivity contribution in [1.29, 1.82) is 0 Å². The molecule has 0 radical (unpaired) electrons. The number of nitrogens with zero attached hydrogens (tertiary/aromatic N) is 4. The van der Waals surface area contributed by atoms with Crippen molar-refractivity contribution in [2.24, 2.45) is 14.1 Å². The number of carbonyl (C=O) groups is 1. The van der Waals surface area contributed by atoms with Gasteiger partial charge in [0.05, 0.1) is 18.9 Å². The summed E-state index contributed by atoms with van der Waals surface area (Å²) in [5.41, 5.74) is 1.39. The number of rotatable bonds is 5. The monoisotopic (exact) mass is 325 g/mol. The van der Waals surface area contributed by atoms with Crippen molar-refractivity contribution < 1.29 is 9.53 Å². The molecule has 1 amide bonds. The number of imidazole rings is 1. The molecule has 0 aliphatic carbocycles. The summed E-state index contributed by atoms with van der Waals surface area (Å²) < 4.78 is 8.77. The largest absolute Gasteiger partial charge is 0.497 e. The van der Waals surface area contributed by atoms with Gasteiger partial charge in [-0.3, -0.25) is 9.48 Å². The minimum Gasteiger partial charge on any atom is -0.497 e. The molecular weight excluding hydrogens is 306 g/mol. The van der Waals surface area contributed by atoms with Crippen LogP contribution in [0.5, 0.6) is 5.75 Å². The topological polar surface area (TPSA) is 74.0 Å². The van der Waals surface area contributed by atoms with Gasteiger partial charge >= 0.3 is 0 Å². The SMILES string of the molecule is COc1cccc(C(NC(=O)c2cnn(C)c2)c2nccn2C)c1. The van der Waals surface area contributed by atoms with Crippen molar-refractivity contribution >= 4 is 5.91 Å². The lowest BCUT2D eigenvalue weighted by atomic mass is 10.1. The summed E-state index contributed by atoms with van der Waals surface area (Å²) in [6.07, 6.45) is 6.77. The van der Waals surface area contributed by atoms with Crippen LogP contribution in [0, 0.1) is 0 Å². The Morgan fingerprint density at radius 1 is 1.33 bits per heavy atom. The van der Waals surface area contributed by atoms with Crippen LogP contribution in [0.3, 0.4) is 0 Å². The number of nitrogens with one attached hydrogen (secondary N) is 1. The van der Waals surface area contributed by atoms with Gasteiger partial charge in [0.25, 0.3) is 5.91 Å². The number of benzene rings is 1. The molecule has 0 saturated heterocycles. The van der Waals surface area contributed by atoms with Crippen LogP contribution in [0.15, 0.2) is 49.1 Å². The fourth-order valence-corrected chi connectivity index (χ4v) is 2.53. The van der Waals surface area contributed by atoms with E-state index >= 15 is 0 Å². The Labute approximate surface area is 139 Å². The molecule has 24 heavy (non-hydrogen) atoms. The minimum atomic E-state index is -0.396. The van der Waals surface area contributed by atoms with Gasteiger partial charge in [0.2, 0.25) is 0 Å². The van der Waals surface area contributed by atoms with Crippen molar-refractivity contribution in [3.05, 3.63) is 66.0 Å². The maximum Gasteiger partial charge on any atom is 0.255 e. The first-order valence-electron chi connectivity index (χ1n) is 7.49. The second kappa shape index (κ2) is 6.57. The van der Waals surface area contributed by atoms with Crippen molar-refractivity contribution in [2.75, 3.05) is 7.11 Å². The fraction of sp³-hybridized carbons (Fsp3) is 0.235. The van der Waals surface area contributed by atoms with Crippen LogP contribution in [0.4, 0.5) is 0 Å². The van der Waals surface area contributed by atoms with Gasteiger partial charge in [-0.25, -0.2) is 4.98 Å². The number of carbonyl (C=O) groups excluding carboxylic acids is 1. The zero-order valence-corrected chi connectivity index (χ0v) is 13.8. The first kappa shape index (κ1) is 15.8. The molecule has 0 aliphatic rings. The van der Waals surface area contributed by atoms with E-state index < -0.39 is 6.04 Å². The normalized spacial score (nSPS) is 12.0. The zero-order chi connectivity index (χ0) is 17.1. The van der Waals surface area contributed by atoms with E-state index in [4.69, 9.17) is 4.74 Å². The van der Waals surface area contributed by atoms with Crippen LogP contribution < -0.4 is 10.1 Å². The molecule has 3 aromatic rings. The first-order valence-corrected chi connectivity index (χ1v) is 7.49. The smallest absolute Gasteiger partial charge is 0.255 e. The number of amides is 1. The van der Waals surface area contributed by atoms with Crippen LogP contribution in [0.1, 0.15) is 27.8 Å². The Kier molecular flexibility index (Phi) is 4.33. The lowest BCUT2D eigenvalue weighted by Crippen LogP contribution is -2.31. The van der Waals surface area contributed by atoms with Crippen LogP contribution in [-0.2, 0) is 14.1 Å². The summed E-state index contributed by atoms with van der Waals surface area (Å²) in [6.45, 7) is 0. The molecule has 0 spiro atoms. The molecule has 1 atom stereocenters. The number of aromatic nitrogens is 4. The molecule has 1 unspecified atom stereocenters. The maximum absolute atomic E-state index is 12.6. The Balaban J connectivity index is 1.96. The van der Waals surface area contributed by atoms with Gasteiger partial charge in [0, 0.05) is 32.7 Å². The van der Waals surface area contributed by atoms with Crippen LogP contribution in [0.2, 0.25) is 0 Å². The number of hydrogen-bond acceptors (Lipinski definition) is 4. The van der Waals surface area contributed by atoms with Crippen LogP contribution in [-0.4, -0.2) is 32.3 Å². The van der Waals surface area contributed by atoms with Crippen molar-refractivity contribution in [2.45, 2.75) is 6.04 Å². The highest BCUT2D eigenvalue weighted by atomic mass is 16.5. The Bertz CT molecular complexity index is 852. The summed E-state index contributed by atoms with van der Waals surface area (Å²) in [4.78, 5) is 17.0. The second-order valence-electron chi connectivity index (χ2n) is 5.48. The van der Waals surface area contributed by atoms with Gasteiger partial charge in [0.15, 0.2) is 0 Å². The highest BCUT2D eigenvalue weighted by Crippen LogP contribution is 2.24. The summed E-state index contributed by atoms with van der Waals surface area (Å²) in [7, 11) is 5.28. The van der Waals surface area contributed by atoms with E-state index in [1.54, 1.807) is 31.2 Å². The van der Waals surface area contributed by atoms with Gasteiger partial charge in [0.1, 0.15) is 17.6 Å². The quantitative estimate of drug-likeness (QED) is 0.774. The summed E-state index contributed by atoms with van der Waals surface area (Å²) in [6, 6.07) is 7.18. The third-order valence-corrected chi connectivity index (χ3v) is 3.79. The van der Waals surface area contributed by atoms with Gasteiger partial charge in [-0.05, 0) is 17.7 Å². The lowest BCUT2D eigenvalue weighted by molar-refractivity contribution is 0.0941. The van der Waals surface area contributed by atoms with E-state index in [9.17, 15) is 4.79 Å². The molecule has 2 aromatic heterocycles. The summed E-state index contributed by atoms with van der Waals surface area (Å²) >= 11 is 0. The molecule has 0 saturated carbocycles. The Hall–Kier alpha value is -3.09. The number of ether oxygens (including phenoxy) is 1. The zero-order valence-electron chi connectivity index (χ0n) is 13.8. The summed E-state index contributed by atoms with van der Waals surface area (Å²) in [5, 5.41) is 7.07. The second-order valence-corrected chi connectivity index (χ2v) is 5.48. The van der Waals surface area contributed by atoms with Gasteiger partial charge in [-0.15, -0.1) is 0 Å². The average Bonchev–Trinajstić information content (AvgIpc) is 3.21. The first-order chi connectivity index (χ1) is 11.6. The highest BCUT2D eigenvalue weighted by Gasteiger charge is 2.22. The fourth-order valence-electron chi connectivity index (χ4n) is 2.53. The molecule has 1 aromatic carbocycles. The molecular formula is C17H19N5O2. The minimum absolute atomic E-state index is 0.209. The van der Waals surface area contributed by atoms with Crippen LogP contribution >= 0.6 is 0 Å². The number of methoxy groups -OCH3 is 1. The predicted molar refractivity (Wildman–Crippen MR) is 88.7 cm³/mol. The Morgan fingerprint density at radius 3 is 2.79 bits per heavy atom. The average molecular weight is 325 g/mol. The molecule has 0 aliphatic heterocycles. The molecule has 7 heteroatoms. The van der Waals surface area contributed by atoms with Crippen molar-refractivity contribution in [3.63, 3.8) is 0 Å². The van der Waals surface area contributed by atoms with Crippen molar-refractivity contribution in [3.8, 4) is 5.75 Å². The number of hydrogen-bond donors (Lipinski definition) is 1. The molecule has 124 valence electrons. The molecule has 3 rings (SSSR count). The van der Waals surface area contributed by atoms with Crippen LogP contribution in [0.25, 0.3) is 0 Å². The lowest BCUT2D eigenvalue weighted by Gasteiger charge is -2.19. The number of aryl methyl sites for hydroxylation is 2. The maximum atomic E-state index is 12.6. The van der Waals surface area contributed by atoms with E-state index in [0.717, 1.165) is 17.1 Å². The third kappa shape index (κ3) is 3.15. The molecule has 0 fully saturated rings. The molecule has 7 nitrogen and oxygen atoms in total. The third-order valence-electron chi connectivity index (χ3n) is 3.79. The van der Waals surface area contributed by atoms with E-state index in [1.807, 2.05) is 42.1 Å². The van der Waals surface area contributed by atoms with Gasteiger partial charge < -0.3 is 14.6 Å². The molecule has 0 bridgehead atoms. The summed E-state index contributed by atoms with van der Waals surface area (Å²) in [5.74, 6) is 1.25. The van der Waals surface area contributed by atoms with E-state index in [0.29, 0.717) is 5.56 Å². The standard InChI is InChI=1S/C17H19N5O2/c1-21-8-7-18-16(21)15(12-5-4-6-14(9-12)24-3)20-17(23)13-10-19-22(2)11-13/h4-11,15H,1-3H3,(H,20,23). The molecule has 1 N–H and O–H groups in total. The Morgan fingerprint density at radius 2 is 2.17 bits per heavy atom. The van der Waals surface area contributed by atoms with Gasteiger partial charge in [-0.2, -0.15) is 5.10 Å². The highest BCUT2D eigenvalue weighted by molar-refractivity contribution is 5.94. The van der Waals surface area contributed by atoms with E-state index in [1.165, 1.54) is 6.20 Å². The molecule has 2 heterocycles.